The first-order valence-corrected chi connectivity index (χ1v) is 9.17. The predicted molar refractivity (Wildman–Crippen MR) is 103 cm³/mol. The Morgan fingerprint density at radius 1 is 1.24 bits per heavy atom. The minimum atomic E-state index is -0.252. The first-order valence-electron chi connectivity index (χ1n) is 9.17. The van der Waals surface area contributed by atoms with Gasteiger partial charge < -0.3 is 9.64 Å². The summed E-state index contributed by atoms with van der Waals surface area (Å²) >= 11 is 0. The fourth-order valence-corrected chi connectivity index (χ4v) is 3.19. The second kappa shape index (κ2) is 7.30. The summed E-state index contributed by atoms with van der Waals surface area (Å²) in [5, 5.41) is 0. The lowest BCUT2D eigenvalue weighted by molar-refractivity contribution is -0.124. The van der Waals surface area contributed by atoms with E-state index in [-0.39, 0.29) is 11.5 Å². The van der Waals surface area contributed by atoms with Crippen molar-refractivity contribution in [2.45, 2.75) is 45.6 Å². The molecule has 0 saturated carbocycles. The summed E-state index contributed by atoms with van der Waals surface area (Å²) in [5.41, 5.74) is 3.12. The molecule has 0 unspecified atom stereocenters. The highest BCUT2D eigenvalue weighted by Gasteiger charge is 2.21. The maximum Gasteiger partial charge on any atom is 0.246 e. The summed E-state index contributed by atoms with van der Waals surface area (Å²) in [5.74, 6) is 1.04. The number of hydrogen-bond donors (Lipinski definition) is 0. The highest BCUT2D eigenvalue weighted by molar-refractivity contribution is 5.88. The standard InChI is InChI=1S/C22H27NO2/c1-4-17(8-10-21(24)23-13-5-6-14-23)15-18-7-9-20-19(16-18)11-12-22(2,3)25-20/h7-12,15-16H,4-6,13-14H2,1-3H3. The van der Waals surface area contributed by atoms with Gasteiger partial charge in [0, 0.05) is 24.7 Å². The van der Waals surface area contributed by atoms with Gasteiger partial charge in [-0.15, -0.1) is 0 Å². The van der Waals surface area contributed by atoms with Gasteiger partial charge in [-0.05, 0) is 62.5 Å². The highest BCUT2D eigenvalue weighted by Crippen LogP contribution is 2.32. The van der Waals surface area contributed by atoms with Gasteiger partial charge in [0.15, 0.2) is 0 Å². The lowest BCUT2D eigenvalue weighted by atomic mass is 9.99. The van der Waals surface area contributed by atoms with Crippen LogP contribution < -0.4 is 4.74 Å². The SMILES string of the molecule is CCC(C=CC(=O)N1CCCC1)=Cc1ccc2c(c1)C=CC(C)(C)O2. The van der Waals surface area contributed by atoms with Gasteiger partial charge in [-0.1, -0.05) is 31.2 Å². The molecule has 0 aromatic heterocycles. The normalized spacial score (nSPS) is 19.2. The maximum absolute atomic E-state index is 12.2. The number of nitrogens with zero attached hydrogens (tertiary/aromatic N) is 1. The van der Waals surface area contributed by atoms with E-state index in [1.807, 2.05) is 17.0 Å². The molecule has 132 valence electrons. The molecule has 1 amide bonds. The van der Waals surface area contributed by atoms with E-state index >= 15 is 0 Å². The number of likely N-dealkylation sites (tertiary alicyclic amines) is 1. The summed E-state index contributed by atoms with van der Waals surface area (Å²) in [6.45, 7) is 8.00. The number of carbonyl (C=O) groups excluding carboxylic acids is 1. The third-order valence-corrected chi connectivity index (χ3v) is 4.69. The number of allylic oxidation sites excluding steroid dienone is 2. The molecule has 3 heteroatoms. The van der Waals surface area contributed by atoms with E-state index in [0.29, 0.717) is 0 Å². The zero-order valence-electron chi connectivity index (χ0n) is 15.4. The topological polar surface area (TPSA) is 29.5 Å². The number of benzene rings is 1. The van der Waals surface area contributed by atoms with Crippen molar-refractivity contribution in [3.8, 4) is 5.75 Å². The number of carbonyl (C=O) groups is 1. The molecule has 2 heterocycles. The quantitative estimate of drug-likeness (QED) is 0.581. The second-order valence-corrected chi connectivity index (χ2v) is 7.27. The summed E-state index contributed by atoms with van der Waals surface area (Å²) in [6.07, 6.45) is 13.1. The van der Waals surface area contributed by atoms with Crippen LogP contribution in [0.3, 0.4) is 0 Å². The average molecular weight is 337 g/mol. The van der Waals surface area contributed by atoms with E-state index in [4.69, 9.17) is 4.74 Å². The molecule has 1 aromatic carbocycles. The zero-order valence-corrected chi connectivity index (χ0v) is 15.4. The predicted octanol–water partition coefficient (Wildman–Crippen LogP) is 4.84. The van der Waals surface area contributed by atoms with Crippen LogP contribution in [0, 0.1) is 0 Å². The summed E-state index contributed by atoms with van der Waals surface area (Å²) in [6, 6.07) is 6.23. The number of ether oxygens (including phenoxy) is 1. The Kier molecular flexibility index (Phi) is 5.12. The molecular formula is C22H27NO2. The van der Waals surface area contributed by atoms with Crippen LogP contribution in [0.25, 0.3) is 12.2 Å². The Morgan fingerprint density at radius 3 is 2.72 bits per heavy atom. The Morgan fingerprint density at radius 2 is 2.00 bits per heavy atom. The summed E-state index contributed by atoms with van der Waals surface area (Å²) in [4.78, 5) is 14.1. The molecule has 1 fully saturated rings. The highest BCUT2D eigenvalue weighted by atomic mass is 16.5. The Bertz CT molecular complexity index is 734. The second-order valence-electron chi connectivity index (χ2n) is 7.27. The average Bonchev–Trinajstić information content (AvgIpc) is 3.12. The zero-order chi connectivity index (χ0) is 17.9. The number of amides is 1. The van der Waals surface area contributed by atoms with Crippen LogP contribution in [0.15, 0.2) is 42.0 Å². The van der Waals surface area contributed by atoms with Gasteiger partial charge in [0.2, 0.25) is 5.91 Å². The first-order chi connectivity index (χ1) is 12.0. The molecule has 1 saturated heterocycles. The minimum Gasteiger partial charge on any atom is -0.483 e. The van der Waals surface area contributed by atoms with E-state index in [2.05, 4.69) is 51.1 Å². The third-order valence-electron chi connectivity index (χ3n) is 4.69. The molecule has 0 radical (unpaired) electrons. The van der Waals surface area contributed by atoms with Gasteiger partial charge in [0.1, 0.15) is 11.4 Å². The van der Waals surface area contributed by atoms with Crippen LogP contribution in [0.4, 0.5) is 0 Å². The third kappa shape index (κ3) is 4.41. The molecule has 1 aromatic rings. The van der Waals surface area contributed by atoms with Crippen molar-refractivity contribution in [2.75, 3.05) is 13.1 Å². The van der Waals surface area contributed by atoms with Crippen LogP contribution in [-0.4, -0.2) is 29.5 Å². The molecule has 2 aliphatic rings. The van der Waals surface area contributed by atoms with Crippen molar-refractivity contribution in [1.82, 2.24) is 4.90 Å². The van der Waals surface area contributed by atoms with Crippen LogP contribution in [0.2, 0.25) is 0 Å². The van der Waals surface area contributed by atoms with Crippen LogP contribution in [0.5, 0.6) is 5.75 Å². The van der Waals surface area contributed by atoms with Crippen molar-refractivity contribution in [3.05, 3.63) is 53.1 Å². The van der Waals surface area contributed by atoms with E-state index in [9.17, 15) is 4.79 Å². The smallest absolute Gasteiger partial charge is 0.246 e. The van der Waals surface area contributed by atoms with Gasteiger partial charge in [-0.2, -0.15) is 0 Å². The maximum atomic E-state index is 12.2. The van der Waals surface area contributed by atoms with Gasteiger partial charge in [-0.25, -0.2) is 0 Å². The Hall–Kier alpha value is -2.29. The van der Waals surface area contributed by atoms with Crippen molar-refractivity contribution >= 4 is 18.1 Å². The molecule has 3 nitrogen and oxygen atoms in total. The van der Waals surface area contributed by atoms with E-state index in [1.54, 1.807) is 6.08 Å². The molecule has 0 atom stereocenters. The summed E-state index contributed by atoms with van der Waals surface area (Å²) < 4.78 is 5.97. The first kappa shape index (κ1) is 17.5. The molecule has 0 bridgehead atoms. The van der Waals surface area contributed by atoms with E-state index in [0.717, 1.165) is 54.8 Å². The van der Waals surface area contributed by atoms with Crippen LogP contribution in [0.1, 0.15) is 51.2 Å². The molecule has 0 spiro atoms. The van der Waals surface area contributed by atoms with Crippen LogP contribution >= 0.6 is 0 Å². The minimum absolute atomic E-state index is 0.126. The molecule has 2 aliphatic heterocycles. The monoisotopic (exact) mass is 337 g/mol. The van der Waals surface area contributed by atoms with Gasteiger partial charge >= 0.3 is 0 Å². The molecule has 0 aliphatic carbocycles. The number of hydrogen-bond acceptors (Lipinski definition) is 2. The lowest BCUT2D eigenvalue weighted by Gasteiger charge is -2.27. The largest absolute Gasteiger partial charge is 0.483 e. The van der Waals surface area contributed by atoms with Crippen molar-refractivity contribution in [2.24, 2.45) is 0 Å². The molecule has 3 rings (SSSR count). The number of rotatable bonds is 4. The van der Waals surface area contributed by atoms with Gasteiger partial charge in [0.05, 0.1) is 0 Å². The van der Waals surface area contributed by atoms with Gasteiger partial charge in [-0.3, -0.25) is 4.79 Å². The molecule has 25 heavy (non-hydrogen) atoms. The lowest BCUT2D eigenvalue weighted by Crippen LogP contribution is -2.27. The summed E-state index contributed by atoms with van der Waals surface area (Å²) in [7, 11) is 0. The Balaban J connectivity index is 1.75. The van der Waals surface area contributed by atoms with Crippen molar-refractivity contribution in [3.63, 3.8) is 0 Å². The fraction of sp³-hybridized carbons (Fsp3) is 0.409. The fourth-order valence-electron chi connectivity index (χ4n) is 3.19. The van der Waals surface area contributed by atoms with Gasteiger partial charge in [0.25, 0.3) is 0 Å². The van der Waals surface area contributed by atoms with Crippen molar-refractivity contribution < 1.29 is 9.53 Å². The Labute approximate surface area is 150 Å². The molecular weight excluding hydrogens is 310 g/mol. The van der Waals surface area contributed by atoms with E-state index < -0.39 is 0 Å². The van der Waals surface area contributed by atoms with E-state index in [1.165, 1.54) is 0 Å². The van der Waals surface area contributed by atoms with Crippen molar-refractivity contribution in [1.29, 1.82) is 0 Å². The molecule has 0 N–H and O–H groups in total. The number of fused-ring (bicyclic) bond motifs is 1. The van der Waals surface area contributed by atoms with Crippen LogP contribution in [-0.2, 0) is 4.79 Å².